The van der Waals surface area contributed by atoms with Gasteiger partial charge in [-0.15, -0.1) is 0 Å². The summed E-state index contributed by atoms with van der Waals surface area (Å²) in [4.78, 5) is 26.1. The Morgan fingerprint density at radius 1 is 1.08 bits per heavy atom. The van der Waals surface area contributed by atoms with Crippen LogP contribution >= 0.6 is 0 Å². The third kappa shape index (κ3) is 2.75. The lowest BCUT2D eigenvalue weighted by Crippen LogP contribution is -2.56. The van der Waals surface area contributed by atoms with Gasteiger partial charge in [-0.1, -0.05) is 30.3 Å². The largest absolute Gasteiger partial charge is 0.356 e. The van der Waals surface area contributed by atoms with Gasteiger partial charge in [-0.25, -0.2) is 8.78 Å². The van der Waals surface area contributed by atoms with Crippen molar-refractivity contribution in [2.45, 2.75) is 18.8 Å². The first-order valence-electron chi connectivity index (χ1n) is 8.33. The molecule has 0 aliphatic carbocycles. The van der Waals surface area contributed by atoms with E-state index >= 15 is 0 Å². The summed E-state index contributed by atoms with van der Waals surface area (Å²) in [6.45, 7) is -0.222. The van der Waals surface area contributed by atoms with E-state index < -0.39 is 30.2 Å². The maximum atomic E-state index is 14.3. The maximum absolute atomic E-state index is 14.3. The molecular formula is C19H18F2N2O2. The van der Waals surface area contributed by atoms with Crippen molar-refractivity contribution in [1.29, 1.82) is 0 Å². The van der Waals surface area contributed by atoms with E-state index in [4.69, 9.17) is 0 Å². The topological polar surface area (TPSA) is 49.4 Å². The van der Waals surface area contributed by atoms with Crippen molar-refractivity contribution < 1.29 is 18.4 Å². The van der Waals surface area contributed by atoms with Crippen LogP contribution in [0.25, 0.3) is 10.8 Å². The number of rotatable bonds is 1. The number of halogens is 2. The van der Waals surface area contributed by atoms with Gasteiger partial charge in [0.15, 0.2) is 0 Å². The van der Waals surface area contributed by atoms with Gasteiger partial charge in [0, 0.05) is 25.1 Å². The number of hydrogen-bond donors (Lipinski definition) is 1. The van der Waals surface area contributed by atoms with Gasteiger partial charge in [-0.05, 0) is 29.3 Å². The van der Waals surface area contributed by atoms with Gasteiger partial charge in [0.05, 0.1) is 12.0 Å². The summed E-state index contributed by atoms with van der Waals surface area (Å²) in [5.41, 5.74) is -0.807. The van der Waals surface area contributed by atoms with Gasteiger partial charge in [-0.2, -0.15) is 0 Å². The van der Waals surface area contributed by atoms with Crippen LogP contribution in [0.5, 0.6) is 0 Å². The number of likely N-dealkylation sites (tertiary alicyclic amines) is 1. The number of benzene rings is 2. The molecule has 130 valence electrons. The zero-order chi connectivity index (χ0) is 17.7. The highest BCUT2D eigenvalue weighted by atomic mass is 19.3. The second kappa shape index (κ2) is 5.51. The normalized spacial score (nSPS) is 25.4. The third-order valence-corrected chi connectivity index (χ3v) is 5.17. The molecule has 2 heterocycles. The zero-order valence-electron chi connectivity index (χ0n) is 13.6. The minimum absolute atomic E-state index is 0.0417. The first kappa shape index (κ1) is 16.0. The molecule has 6 heteroatoms. The van der Waals surface area contributed by atoms with E-state index in [1.54, 1.807) is 12.1 Å². The Morgan fingerprint density at radius 3 is 2.56 bits per heavy atom. The molecule has 2 amide bonds. The van der Waals surface area contributed by atoms with Crippen LogP contribution < -0.4 is 5.32 Å². The summed E-state index contributed by atoms with van der Waals surface area (Å²) in [5.74, 6) is -3.89. The van der Waals surface area contributed by atoms with Crippen LogP contribution in [0.15, 0.2) is 42.5 Å². The van der Waals surface area contributed by atoms with Crippen LogP contribution in [0, 0.1) is 5.41 Å². The Hall–Kier alpha value is -2.50. The molecule has 0 saturated carbocycles. The van der Waals surface area contributed by atoms with Crippen molar-refractivity contribution >= 4 is 22.6 Å². The van der Waals surface area contributed by atoms with Gasteiger partial charge in [0.2, 0.25) is 5.91 Å². The van der Waals surface area contributed by atoms with Crippen LogP contribution in [0.3, 0.4) is 0 Å². The van der Waals surface area contributed by atoms with Crippen LogP contribution in [-0.2, 0) is 4.79 Å². The number of fused-ring (bicyclic) bond motifs is 1. The van der Waals surface area contributed by atoms with Gasteiger partial charge in [0.25, 0.3) is 11.8 Å². The Bertz CT molecular complexity index is 867. The Balaban J connectivity index is 1.67. The predicted molar refractivity (Wildman–Crippen MR) is 89.5 cm³/mol. The maximum Gasteiger partial charge on any atom is 0.266 e. The van der Waals surface area contributed by atoms with Gasteiger partial charge >= 0.3 is 0 Å². The molecule has 0 aromatic heterocycles. The van der Waals surface area contributed by atoms with Gasteiger partial charge < -0.3 is 10.2 Å². The summed E-state index contributed by atoms with van der Waals surface area (Å²) in [7, 11) is 0. The van der Waals surface area contributed by atoms with E-state index in [2.05, 4.69) is 5.32 Å². The highest BCUT2D eigenvalue weighted by Gasteiger charge is 2.55. The van der Waals surface area contributed by atoms with Crippen LogP contribution in [0.4, 0.5) is 8.78 Å². The number of alkyl halides is 2. The Morgan fingerprint density at radius 2 is 1.84 bits per heavy atom. The Kier molecular flexibility index (Phi) is 3.52. The standard InChI is InChI=1S/C19H18F2N2O2/c20-19(21)10-18(7-8-22-17(18)25)11-23(12-19)16(24)15-6-5-13-3-1-2-4-14(13)9-15/h1-6,9H,7-8,10-12H2,(H,22,25)/t18-/m1/s1. The van der Waals surface area contributed by atoms with Gasteiger partial charge in [0.1, 0.15) is 0 Å². The summed E-state index contributed by atoms with van der Waals surface area (Å²) in [6.07, 6.45) is -0.156. The summed E-state index contributed by atoms with van der Waals surface area (Å²) >= 11 is 0. The van der Waals surface area contributed by atoms with E-state index in [0.29, 0.717) is 18.5 Å². The van der Waals surface area contributed by atoms with E-state index in [-0.39, 0.29) is 12.5 Å². The van der Waals surface area contributed by atoms with Crippen molar-refractivity contribution in [2.24, 2.45) is 5.41 Å². The van der Waals surface area contributed by atoms with E-state index in [0.717, 1.165) is 15.7 Å². The lowest BCUT2D eigenvalue weighted by atomic mass is 9.77. The average molecular weight is 344 g/mol. The minimum atomic E-state index is -3.06. The number of nitrogens with one attached hydrogen (secondary N) is 1. The number of amides is 2. The van der Waals surface area contributed by atoms with Crippen LogP contribution in [-0.4, -0.2) is 42.3 Å². The molecule has 2 aliphatic rings. The second-order valence-electron chi connectivity index (χ2n) is 7.04. The number of hydrogen-bond acceptors (Lipinski definition) is 2. The van der Waals surface area contributed by atoms with E-state index in [1.165, 1.54) is 0 Å². The van der Waals surface area contributed by atoms with Crippen LogP contribution in [0.2, 0.25) is 0 Å². The van der Waals surface area contributed by atoms with Crippen molar-refractivity contribution in [2.75, 3.05) is 19.6 Å². The summed E-state index contributed by atoms with van der Waals surface area (Å²) in [6, 6.07) is 12.7. The highest BCUT2D eigenvalue weighted by Crippen LogP contribution is 2.43. The number of carbonyl (C=O) groups is 2. The van der Waals surface area contributed by atoms with E-state index in [9.17, 15) is 18.4 Å². The van der Waals surface area contributed by atoms with Crippen molar-refractivity contribution in [3.8, 4) is 0 Å². The lowest BCUT2D eigenvalue weighted by Gasteiger charge is -2.42. The van der Waals surface area contributed by atoms with Crippen molar-refractivity contribution in [1.82, 2.24) is 10.2 Å². The lowest BCUT2D eigenvalue weighted by molar-refractivity contribution is -0.144. The summed E-state index contributed by atoms with van der Waals surface area (Å²) in [5, 5.41) is 4.49. The van der Waals surface area contributed by atoms with Gasteiger partial charge in [-0.3, -0.25) is 9.59 Å². The fraction of sp³-hybridized carbons (Fsp3) is 0.368. The molecule has 25 heavy (non-hydrogen) atoms. The first-order chi connectivity index (χ1) is 11.9. The van der Waals surface area contributed by atoms with Crippen molar-refractivity contribution in [3.63, 3.8) is 0 Å². The SMILES string of the molecule is O=C(c1ccc2ccccc2c1)N1CC(F)(F)C[C@]2(CCNC2=O)C1. The molecule has 4 nitrogen and oxygen atoms in total. The molecule has 1 atom stereocenters. The second-order valence-corrected chi connectivity index (χ2v) is 7.04. The molecule has 1 N–H and O–H groups in total. The smallest absolute Gasteiger partial charge is 0.266 e. The molecular weight excluding hydrogens is 326 g/mol. The molecule has 0 radical (unpaired) electrons. The average Bonchev–Trinajstić information content (AvgIpc) is 2.91. The molecule has 2 aliphatic heterocycles. The summed E-state index contributed by atoms with van der Waals surface area (Å²) < 4.78 is 28.6. The monoisotopic (exact) mass is 344 g/mol. The first-order valence-corrected chi connectivity index (χ1v) is 8.33. The number of nitrogens with zero attached hydrogens (tertiary/aromatic N) is 1. The Labute approximate surface area is 143 Å². The van der Waals surface area contributed by atoms with Crippen LogP contribution in [0.1, 0.15) is 23.2 Å². The molecule has 2 aromatic rings. The van der Waals surface area contributed by atoms with Crippen molar-refractivity contribution in [3.05, 3.63) is 48.0 Å². The van der Waals surface area contributed by atoms with E-state index in [1.807, 2.05) is 30.3 Å². The minimum Gasteiger partial charge on any atom is -0.356 e. The quantitative estimate of drug-likeness (QED) is 0.865. The number of carbonyl (C=O) groups excluding carboxylic acids is 2. The fourth-order valence-electron chi connectivity index (χ4n) is 3.99. The molecule has 2 fully saturated rings. The molecule has 1 spiro atoms. The molecule has 0 bridgehead atoms. The molecule has 0 unspecified atom stereocenters. The predicted octanol–water partition coefficient (Wildman–Crippen LogP) is 2.83. The number of piperidine rings is 1. The molecule has 2 aromatic carbocycles. The zero-order valence-corrected chi connectivity index (χ0v) is 13.6. The highest BCUT2D eigenvalue weighted by molar-refractivity contribution is 5.99. The molecule has 2 saturated heterocycles. The fourth-order valence-corrected chi connectivity index (χ4v) is 3.99. The molecule has 4 rings (SSSR count). The third-order valence-electron chi connectivity index (χ3n) is 5.17.